The molecule has 2 unspecified atom stereocenters. The van der Waals surface area contributed by atoms with Gasteiger partial charge in [0.1, 0.15) is 0 Å². The summed E-state index contributed by atoms with van der Waals surface area (Å²) in [4.78, 5) is 14.1. The average Bonchev–Trinajstić information content (AvgIpc) is 3.15. The molecule has 4 nitrogen and oxygen atoms in total. The molecule has 0 spiro atoms. The first-order valence-corrected chi connectivity index (χ1v) is 8.34. The molecule has 4 heteroatoms. The smallest absolute Gasteiger partial charge is 0.237 e. The van der Waals surface area contributed by atoms with E-state index in [1.54, 1.807) is 0 Å². The molecule has 0 aromatic carbocycles. The molecule has 1 rings (SSSR count). The first-order valence-electron chi connectivity index (χ1n) is 8.34. The second-order valence-corrected chi connectivity index (χ2v) is 8.09. The van der Waals surface area contributed by atoms with E-state index in [-0.39, 0.29) is 5.91 Å². The molecule has 21 heavy (non-hydrogen) atoms. The standard InChI is InChI=1S/C17H35N3O/c1-13(16(2,3)4)20(6)12-8-7-11-17(5,15(18)21)19-14-9-10-14/h13-14,19H,7-12H2,1-6H3,(H2,18,21). The summed E-state index contributed by atoms with van der Waals surface area (Å²) in [6.45, 7) is 12.1. The SMILES string of the molecule is CC(N(C)CCCCC(C)(NC1CC1)C(N)=O)C(C)(C)C. The molecule has 3 N–H and O–H groups in total. The fourth-order valence-corrected chi connectivity index (χ4v) is 2.64. The largest absolute Gasteiger partial charge is 0.368 e. The molecule has 1 aliphatic carbocycles. The summed E-state index contributed by atoms with van der Waals surface area (Å²) >= 11 is 0. The predicted octanol–water partition coefficient (Wildman–Crippen LogP) is 2.52. The van der Waals surface area contributed by atoms with Gasteiger partial charge in [0.15, 0.2) is 0 Å². The van der Waals surface area contributed by atoms with E-state index < -0.39 is 5.54 Å². The number of nitrogens with one attached hydrogen (secondary N) is 1. The van der Waals surface area contributed by atoms with E-state index in [1.807, 2.05) is 6.92 Å². The van der Waals surface area contributed by atoms with Gasteiger partial charge in [0.2, 0.25) is 5.91 Å². The minimum Gasteiger partial charge on any atom is -0.368 e. The third-order valence-electron chi connectivity index (χ3n) is 5.00. The minimum atomic E-state index is -0.532. The lowest BCUT2D eigenvalue weighted by Crippen LogP contribution is -2.54. The van der Waals surface area contributed by atoms with Gasteiger partial charge < -0.3 is 16.0 Å². The number of carbonyl (C=O) groups excluding carboxylic acids is 1. The van der Waals surface area contributed by atoms with Crippen molar-refractivity contribution in [2.45, 2.75) is 84.3 Å². The number of carbonyl (C=O) groups is 1. The molecule has 0 aromatic rings. The summed E-state index contributed by atoms with van der Waals surface area (Å²) in [5.74, 6) is -0.217. The van der Waals surface area contributed by atoms with Crippen LogP contribution in [0.1, 0.15) is 66.7 Å². The van der Waals surface area contributed by atoms with E-state index >= 15 is 0 Å². The van der Waals surface area contributed by atoms with Crippen LogP contribution in [0.25, 0.3) is 0 Å². The highest BCUT2D eigenvalue weighted by molar-refractivity contribution is 5.84. The van der Waals surface area contributed by atoms with Crippen molar-refractivity contribution >= 4 is 5.91 Å². The summed E-state index contributed by atoms with van der Waals surface area (Å²) in [6.07, 6.45) is 5.31. The zero-order valence-corrected chi connectivity index (χ0v) is 14.8. The third-order valence-corrected chi connectivity index (χ3v) is 5.00. The second kappa shape index (κ2) is 7.10. The molecule has 1 amide bonds. The minimum absolute atomic E-state index is 0.217. The van der Waals surface area contributed by atoms with E-state index in [9.17, 15) is 4.79 Å². The lowest BCUT2D eigenvalue weighted by Gasteiger charge is -2.35. The quantitative estimate of drug-likeness (QED) is 0.643. The number of nitrogens with two attached hydrogens (primary N) is 1. The number of unbranched alkanes of at least 4 members (excludes halogenated alkanes) is 1. The van der Waals surface area contributed by atoms with Crippen LogP contribution in [0.5, 0.6) is 0 Å². The Kier molecular flexibility index (Phi) is 6.23. The Morgan fingerprint density at radius 1 is 1.29 bits per heavy atom. The topological polar surface area (TPSA) is 58.4 Å². The molecule has 0 saturated heterocycles. The molecule has 0 radical (unpaired) electrons. The molecule has 0 aromatic heterocycles. The zero-order chi connectivity index (χ0) is 16.3. The van der Waals surface area contributed by atoms with Crippen molar-refractivity contribution in [2.24, 2.45) is 11.1 Å². The van der Waals surface area contributed by atoms with Gasteiger partial charge in [0, 0.05) is 12.1 Å². The zero-order valence-electron chi connectivity index (χ0n) is 14.8. The number of hydrogen-bond acceptors (Lipinski definition) is 3. The summed E-state index contributed by atoms with van der Waals surface area (Å²) < 4.78 is 0. The Balaban J connectivity index is 2.32. The van der Waals surface area contributed by atoms with Crippen LogP contribution in [-0.4, -0.2) is 42.0 Å². The van der Waals surface area contributed by atoms with Gasteiger partial charge >= 0.3 is 0 Å². The molecule has 1 aliphatic rings. The molecule has 1 saturated carbocycles. The first kappa shape index (κ1) is 18.4. The van der Waals surface area contributed by atoms with Gasteiger partial charge in [0.25, 0.3) is 0 Å². The van der Waals surface area contributed by atoms with E-state index in [2.05, 4.69) is 45.0 Å². The average molecular weight is 297 g/mol. The molecule has 2 atom stereocenters. The van der Waals surface area contributed by atoms with Crippen molar-refractivity contribution in [3.8, 4) is 0 Å². The highest BCUT2D eigenvalue weighted by Gasteiger charge is 2.36. The Morgan fingerprint density at radius 2 is 1.86 bits per heavy atom. The number of nitrogens with zero attached hydrogens (tertiary/aromatic N) is 1. The van der Waals surface area contributed by atoms with Crippen LogP contribution in [-0.2, 0) is 4.79 Å². The van der Waals surface area contributed by atoms with Gasteiger partial charge in [-0.2, -0.15) is 0 Å². The Hall–Kier alpha value is -0.610. The fraction of sp³-hybridized carbons (Fsp3) is 0.941. The van der Waals surface area contributed by atoms with Crippen molar-refractivity contribution < 1.29 is 4.79 Å². The van der Waals surface area contributed by atoms with Crippen molar-refractivity contribution in [1.29, 1.82) is 0 Å². The lowest BCUT2D eigenvalue weighted by molar-refractivity contribution is -0.124. The van der Waals surface area contributed by atoms with Gasteiger partial charge in [-0.3, -0.25) is 4.79 Å². The molecule has 0 heterocycles. The number of amides is 1. The van der Waals surface area contributed by atoms with Crippen LogP contribution in [0.15, 0.2) is 0 Å². The lowest BCUT2D eigenvalue weighted by atomic mass is 9.87. The second-order valence-electron chi connectivity index (χ2n) is 8.09. The first-order chi connectivity index (χ1) is 9.56. The van der Waals surface area contributed by atoms with E-state index in [1.165, 1.54) is 12.8 Å². The van der Waals surface area contributed by atoms with Crippen molar-refractivity contribution in [3.05, 3.63) is 0 Å². The molecular weight excluding hydrogens is 262 g/mol. The number of primary amides is 1. The van der Waals surface area contributed by atoms with Crippen LogP contribution < -0.4 is 11.1 Å². The van der Waals surface area contributed by atoms with Gasteiger partial charge in [-0.1, -0.05) is 20.8 Å². The highest BCUT2D eigenvalue weighted by Crippen LogP contribution is 2.26. The van der Waals surface area contributed by atoms with Gasteiger partial charge in [-0.15, -0.1) is 0 Å². The van der Waals surface area contributed by atoms with Gasteiger partial charge in [-0.25, -0.2) is 0 Å². The van der Waals surface area contributed by atoms with E-state index in [0.717, 1.165) is 25.8 Å². The van der Waals surface area contributed by atoms with Crippen molar-refractivity contribution in [1.82, 2.24) is 10.2 Å². The number of hydrogen-bond donors (Lipinski definition) is 2. The summed E-state index contributed by atoms with van der Waals surface area (Å²) in [5.41, 5.74) is 5.35. The maximum atomic E-state index is 11.7. The van der Waals surface area contributed by atoms with Crippen LogP contribution in [0.4, 0.5) is 0 Å². The molecule has 0 bridgehead atoms. The van der Waals surface area contributed by atoms with Crippen molar-refractivity contribution in [2.75, 3.05) is 13.6 Å². The molecule has 1 fully saturated rings. The Labute approximate surface area is 130 Å². The van der Waals surface area contributed by atoms with Crippen LogP contribution in [0.2, 0.25) is 0 Å². The Morgan fingerprint density at radius 3 is 2.29 bits per heavy atom. The van der Waals surface area contributed by atoms with Crippen LogP contribution in [0.3, 0.4) is 0 Å². The maximum absolute atomic E-state index is 11.7. The van der Waals surface area contributed by atoms with E-state index in [4.69, 9.17) is 5.73 Å². The fourth-order valence-electron chi connectivity index (χ4n) is 2.64. The number of rotatable bonds is 9. The van der Waals surface area contributed by atoms with Gasteiger partial charge in [0.05, 0.1) is 5.54 Å². The molecular formula is C17H35N3O. The highest BCUT2D eigenvalue weighted by atomic mass is 16.1. The van der Waals surface area contributed by atoms with E-state index in [0.29, 0.717) is 17.5 Å². The van der Waals surface area contributed by atoms with Crippen LogP contribution >= 0.6 is 0 Å². The summed E-state index contributed by atoms with van der Waals surface area (Å²) in [6, 6.07) is 1.05. The maximum Gasteiger partial charge on any atom is 0.237 e. The molecule has 124 valence electrons. The van der Waals surface area contributed by atoms with Gasteiger partial charge in [-0.05, 0) is 65.0 Å². The molecule has 0 aliphatic heterocycles. The predicted molar refractivity (Wildman–Crippen MR) is 89.2 cm³/mol. The monoisotopic (exact) mass is 297 g/mol. The normalized spacial score (nSPS) is 20.3. The third kappa shape index (κ3) is 5.95. The van der Waals surface area contributed by atoms with Crippen LogP contribution in [0, 0.1) is 5.41 Å². The summed E-state index contributed by atoms with van der Waals surface area (Å²) in [5, 5.41) is 3.41. The summed E-state index contributed by atoms with van der Waals surface area (Å²) in [7, 11) is 2.19. The van der Waals surface area contributed by atoms with Crippen molar-refractivity contribution in [3.63, 3.8) is 0 Å². The Bertz CT molecular complexity index is 346.